The van der Waals surface area contributed by atoms with Gasteiger partial charge in [-0.05, 0) is 49.6 Å². The number of amides is 1. The molecule has 2 aromatic carbocycles. The normalized spacial score (nSPS) is 13.9. The third kappa shape index (κ3) is 6.35. The number of ether oxygens (including phenoxy) is 1. The van der Waals surface area contributed by atoms with Gasteiger partial charge >= 0.3 is 0 Å². The first-order valence-electron chi connectivity index (χ1n) is 9.63. The monoisotopic (exact) mass is 508 g/mol. The topological polar surface area (TPSA) is 66.0 Å². The van der Waals surface area contributed by atoms with E-state index in [2.05, 4.69) is 21.7 Å². The third-order valence-electron chi connectivity index (χ3n) is 4.70. The van der Waals surface area contributed by atoms with E-state index in [1.807, 2.05) is 61.2 Å². The molecule has 1 aliphatic rings. The summed E-state index contributed by atoms with van der Waals surface area (Å²) in [5.41, 5.74) is 3.40. The fourth-order valence-electron chi connectivity index (χ4n) is 3.28. The average molecular weight is 508 g/mol. The Morgan fingerprint density at radius 1 is 1.21 bits per heavy atom. The van der Waals surface area contributed by atoms with Crippen molar-refractivity contribution < 1.29 is 9.53 Å². The van der Waals surface area contributed by atoms with Crippen LogP contribution in [0.2, 0.25) is 0 Å². The van der Waals surface area contributed by atoms with E-state index < -0.39 is 0 Å². The van der Waals surface area contributed by atoms with Gasteiger partial charge in [0.25, 0.3) is 0 Å². The zero-order valence-corrected chi connectivity index (χ0v) is 19.5. The van der Waals surface area contributed by atoms with Gasteiger partial charge < -0.3 is 20.3 Å². The summed E-state index contributed by atoms with van der Waals surface area (Å²) in [5.74, 6) is 1.47. The number of hydrogen-bond donors (Lipinski definition) is 2. The Balaban J connectivity index is 0.00000300. The number of aryl methyl sites for hydroxylation is 1. The highest BCUT2D eigenvalue weighted by Crippen LogP contribution is 2.27. The minimum absolute atomic E-state index is 0. The van der Waals surface area contributed by atoms with Crippen molar-refractivity contribution >= 4 is 41.5 Å². The molecule has 0 spiro atoms. The standard InChI is InChI=1S/C22H28N4O2.HI/c1-16-7-6-9-19(13-16)28-17(2)14-24-22(23-3)25-15-21(27)26-12-11-18-8-4-5-10-20(18)26;/h4-10,13,17H,11-12,14-15H2,1-3H3,(H2,23,24,25);1H. The predicted octanol–water partition coefficient (Wildman–Crippen LogP) is 3.13. The molecule has 0 saturated heterocycles. The number of nitrogens with one attached hydrogen (secondary N) is 2. The first kappa shape index (κ1) is 23.0. The molecule has 0 aromatic heterocycles. The number of carbonyl (C=O) groups excluding carboxylic acids is 1. The van der Waals surface area contributed by atoms with Crippen LogP contribution < -0.4 is 20.3 Å². The summed E-state index contributed by atoms with van der Waals surface area (Å²) in [6.45, 7) is 5.54. The number of aliphatic imine (C=N–C) groups is 1. The van der Waals surface area contributed by atoms with Gasteiger partial charge in [0.1, 0.15) is 11.9 Å². The molecule has 6 nitrogen and oxygen atoms in total. The van der Waals surface area contributed by atoms with Crippen molar-refractivity contribution in [3.63, 3.8) is 0 Å². The smallest absolute Gasteiger partial charge is 0.246 e. The summed E-state index contributed by atoms with van der Waals surface area (Å²) in [7, 11) is 1.69. The number of anilines is 1. The van der Waals surface area contributed by atoms with Gasteiger partial charge in [-0.3, -0.25) is 9.79 Å². The van der Waals surface area contributed by atoms with Crippen LogP contribution in [0.5, 0.6) is 5.75 Å². The van der Waals surface area contributed by atoms with Crippen LogP contribution >= 0.6 is 24.0 Å². The number of para-hydroxylation sites is 1. The van der Waals surface area contributed by atoms with E-state index >= 15 is 0 Å². The number of carbonyl (C=O) groups is 1. The summed E-state index contributed by atoms with van der Waals surface area (Å²) >= 11 is 0. The molecule has 1 heterocycles. The van der Waals surface area contributed by atoms with Gasteiger partial charge in [-0.25, -0.2) is 0 Å². The van der Waals surface area contributed by atoms with Crippen LogP contribution in [0.1, 0.15) is 18.1 Å². The molecule has 1 aliphatic heterocycles. The Kier molecular flexibility index (Phi) is 8.75. The summed E-state index contributed by atoms with van der Waals surface area (Å²) in [4.78, 5) is 18.6. The molecule has 29 heavy (non-hydrogen) atoms. The molecule has 3 rings (SSSR count). The van der Waals surface area contributed by atoms with E-state index in [9.17, 15) is 4.79 Å². The molecule has 0 saturated carbocycles. The van der Waals surface area contributed by atoms with Gasteiger partial charge in [-0.1, -0.05) is 30.3 Å². The lowest BCUT2D eigenvalue weighted by molar-refractivity contribution is -0.117. The Hall–Kier alpha value is -2.29. The zero-order valence-electron chi connectivity index (χ0n) is 17.1. The van der Waals surface area contributed by atoms with Crippen molar-refractivity contribution in [3.8, 4) is 5.75 Å². The molecule has 1 amide bonds. The van der Waals surface area contributed by atoms with Crippen LogP contribution in [0.3, 0.4) is 0 Å². The Labute approximate surface area is 189 Å². The maximum atomic E-state index is 12.6. The van der Waals surface area contributed by atoms with Crippen LogP contribution in [0, 0.1) is 6.92 Å². The van der Waals surface area contributed by atoms with E-state index in [-0.39, 0.29) is 42.5 Å². The molecule has 2 aromatic rings. The van der Waals surface area contributed by atoms with Crippen molar-refractivity contribution in [3.05, 3.63) is 59.7 Å². The average Bonchev–Trinajstić information content (AvgIpc) is 3.12. The van der Waals surface area contributed by atoms with Gasteiger partial charge in [0.05, 0.1) is 13.1 Å². The molecule has 0 fully saturated rings. The van der Waals surface area contributed by atoms with E-state index in [4.69, 9.17) is 4.74 Å². The Bertz CT molecular complexity index is 856. The van der Waals surface area contributed by atoms with Crippen molar-refractivity contribution in [2.24, 2.45) is 4.99 Å². The number of benzene rings is 2. The number of halogens is 1. The third-order valence-corrected chi connectivity index (χ3v) is 4.70. The second kappa shape index (κ2) is 11.0. The SMILES string of the molecule is CN=C(NCC(=O)N1CCc2ccccc21)NCC(C)Oc1cccc(C)c1.I. The molecule has 0 aliphatic carbocycles. The highest BCUT2D eigenvalue weighted by molar-refractivity contribution is 14.0. The van der Waals surface area contributed by atoms with Gasteiger partial charge in [0.2, 0.25) is 5.91 Å². The second-order valence-electron chi connectivity index (χ2n) is 6.98. The molecule has 1 unspecified atom stereocenters. The van der Waals surface area contributed by atoms with Crippen molar-refractivity contribution in [2.45, 2.75) is 26.4 Å². The quantitative estimate of drug-likeness (QED) is 0.358. The molecule has 0 bridgehead atoms. The van der Waals surface area contributed by atoms with Crippen LogP contribution in [-0.2, 0) is 11.2 Å². The maximum Gasteiger partial charge on any atom is 0.246 e. The number of hydrogen-bond acceptors (Lipinski definition) is 3. The maximum absolute atomic E-state index is 12.6. The zero-order chi connectivity index (χ0) is 19.9. The molecule has 0 radical (unpaired) electrons. The lowest BCUT2D eigenvalue weighted by atomic mass is 10.2. The molecule has 7 heteroatoms. The minimum Gasteiger partial charge on any atom is -0.489 e. The fourth-order valence-corrected chi connectivity index (χ4v) is 3.28. The highest BCUT2D eigenvalue weighted by atomic mass is 127. The lowest BCUT2D eigenvalue weighted by Crippen LogP contribution is -2.46. The number of rotatable bonds is 6. The number of nitrogens with zero attached hydrogens (tertiary/aromatic N) is 2. The summed E-state index contributed by atoms with van der Waals surface area (Å²) in [6.07, 6.45) is 0.865. The van der Waals surface area contributed by atoms with Gasteiger partial charge in [0.15, 0.2) is 5.96 Å². The van der Waals surface area contributed by atoms with Gasteiger partial charge in [0, 0.05) is 19.3 Å². The molecule has 1 atom stereocenters. The summed E-state index contributed by atoms with van der Waals surface area (Å²) in [6, 6.07) is 16.0. The summed E-state index contributed by atoms with van der Waals surface area (Å²) < 4.78 is 5.92. The van der Waals surface area contributed by atoms with Crippen molar-refractivity contribution in [1.29, 1.82) is 0 Å². The minimum atomic E-state index is -0.0403. The molecule has 2 N–H and O–H groups in total. The Morgan fingerprint density at radius 3 is 2.76 bits per heavy atom. The first-order valence-corrected chi connectivity index (χ1v) is 9.63. The van der Waals surface area contributed by atoms with E-state index in [1.165, 1.54) is 5.56 Å². The van der Waals surface area contributed by atoms with E-state index in [0.717, 1.165) is 30.0 Å². The van der Waals surface area contributed by atoms with Crippen molar-refractivity contribution in [1.82, 2.24) is 10.6 Å². The summed E-state index contributed by atoms with van der Waals surface area (Å²) in [5, 5.41) is 6.31. The molecule has 156 valence electrons. The van der Waals surface area contributed by atoms with Crippen LogP contribution in [-0.4, -0.2) is 44.7 Å². The van der Waals surface area contributed by atoms with E-state index in [0.29, 0.717) is 12.5 Å². The van der Waals surface area contributed by atoms with Gasteiger partial charge in [-0.15, -0.1) is 24.0 Å². The lowest BCUT2D eigenvalue weighted by Gasteiger charge is -2.20. The fraction of sp³-hybridized carbons (Fsp3) is 0.364. The first-order chi connectivity index (χ1) is 13.6. The highest BCUT2D eigenvalue weighted by Gasteiger charge is 2.23. The number of fused-ring (bicyclic) bond motifs is 1. The van der Waals surface area contributed by atoms with Gasteiger partial charge in [-0.2, -0.15) is 0 Å². The predicted molar refractivity (Wildman–Crippen MR) is 129 cm³/mol. The second-order valence-corrected chi connectivity index (χ2v) is 6.98. The van der Waals surface area contributed by atoms with Crippen LogP contribution in [0.15, 0.2) is 53.5 Å². The van der Waals surface area contributed by atoms with E-state index in [1.54, 1.807) is 7.05 Å². The molecular formula is C22H29IN4O2. The van der Waals surface area contributed by atoms with Crippen molar-refractivity contribution in [2.75, 3.05) is 31.6 Å². The van der Waals surface area contributed by atoms with Crippen LogP contribution in [0.25, 0.3) is 0 Å². The van der Waals surface area contributed by atoms with Crippen LogP contribution in [0.4, 0.5) is 5.69 Å². The largest absolute Gasteiger partial charge is 0.489 e. The molecular weight excluding hydrogens is 479 g/mol. The number of guanidine groups is 1. The Morgan fingerprint density at radius 2 is 2.00 bits per heavy atom.